The van der Waals surface area contributed by atoms with Crippen LogP contribution in [0.1, 0.15) is 12.8 Å². The molecule has 1 unspecified atom stereocenters. The van der Waals surface area contributed by atoms with E-state index in [2.05, 4.69) is 15.4 Å². The quantitative estimate of drug-likeness (QED) is 0.491. The molecule has 13 heavy (non-hydrogen) atoms. The van der Waals surface area contributed by atoms with Gasteiger partial charge >= 0.3 is 0 Å². The summed E-state index contributed by atoms with van der Waals surface area (Å²) in [7, 11) is 0. The molecule has 0 amide bonds. The predicted octanol–water partition coefficient (Wildman–Crippen LogP) is -0.874. The number of nitrogens with zero attached hydrogens (tertiary/aromatic N) is 2. The molecule has 2 aliphatic heterocycles. The second-order valence-electron chi connectivity index (χ2n) is 3.50. The molecule has 0 aromatic heterocycles. The molecule has 2 rings (SSSR count). The van der Waals surface area contributed by atoms with Gasteiger partial charge in [-0.1, -0.05) is 0 Å². The van der Waals surface area contributed by atoms with Crippen molar-refractivity contribution in [3.8, 4) is 0 Å². The molecule has 0 bridgehead atoms. The van der Waals surface area contributed by atoms with Gasteiger partial charge in [-0.05, 0) is 25.0 Å². The van der Waals surface area contributed by atoms with Crippen LogP contribution < -0.4 is 16.9 Å². The van der Waals surface area contributed by atoms with Crippen LogP contribution in [-0.4, -0.2) is 29.6 Å². The average Bonchev–Trinajstić information content (AvgIpc) is 2.63. The second kappa shape index (κ2) is 3.01. The Morgan fingerprint density at radius 2 is 2.15 bits per heavy atom. The van der Waals surface area contributed by atoms with Crippen LogP contribution in [-0.2, 0) is 0 Å². The molecule has 0 aliphatic carbocycles. The minimum absolute atomic E-state index is 0.472. The van der Waals surface area contributed by atoms with Gasteiger partial charge in [-0.15, -0.1) is 0 Å². The van der Waals surface area contributed by atoms with Crippen molar-refractivity contribution in [1.29, 1.82) is 0 Å². The summed E-state index contributed by atoms with van der Waals surface area (Å²) >= 11 is 0. The third-order valence-corrected chi connectivity index (χ3v) is 2.50. The van der Waals surface area contributed by atoms with Crippen molar-refractivity contribution in [3.05, 3.63) is 12.2 Å². The zero-order valence-electron chi connectivity index (χ0n) is 7.53. The Bertz CT molecular complexity index is 253. The van der Waals surface area contributed by atoms with E-state index in [0.717, 1.165) is 13.1 Å². The first-order valence-electron chi connectivity index (χ1n) is 4.54. The predicted molar refractivity (Wildman–Crippen MR) is 51.6 cm³/mol. The zero-order chi connectivity index (χ0) is 9.31. The largest absolute Gasteiger partial charge is 0.382 e. The van der Waals surface area contributed by atoms with Crippen LogP contribution in [0.2, 0.25) is 0 Å². The fourth-order valence-corrected chi connectivity index (χ4v) is 1.70. The Kier molecular flexibility index (Phi) is 1.97. The van der Waals surface area contributed by atoms with Gasteiger partial charge in [0.05, 0.1) is 0 Å². The van der Waals surface area contributed by atoms with Crippen molar-refractivity contribution >= 4 is 5.84 Å². The number of hydrazone groups is 1. The molecule has 72 valence electrons. The highest BCUT2D eigenvalue weighted by atomic mass is 15.5. The molecular weight excluding hydrogens is 166 g/mol. The molecule has 0 saturated carbocycles. The monoisotopic (exact) mass is 181 g/mol. The smallest absolute Gasteiger partial charge is 0.179 e. The maximum Gasteiger partial charge on any atom is 0.179 e. The van der Waals surface area contributed by atoms with E-state index in [-0.39, 0.29) is 0 Å². The minimum atomic E-state index is -0.626. The van der Waals surface area contributed by atoms with Gasteiger partial charge in [0.1, 0.15) is 5.84 Å². The second-order valence-corrected chi connectivity index (χ2v) is 3.50. The van der Waals surface area contributed by atoms with E-state index in [9.17, 15) is 0 Å². The molecule has 1 atom stereocenters. The van der Waals surface area contributed by atoms with Gasteiger partial charge in [0.15, 0.2) is 5.79 Å². The van der Waals surface area contributed by atoms with E-state index in [0.29, 0.717) is 5.84 Å². The van der Waals surface area contributed by atoms with Crippen molar-refractivity contribution in [2.45, 2.75) is 18.6 Å². The van der Waals surface area contributed by atoms with E-state index in [4.69, 9.17) is 11.5 Å². The van der Waals surface area contributed by atoms with Gasteiger partial charge in [0.25, 0.3) is 0 Å². The summed E-state index contributed by atoms with van der Waals surface area (Å²) in [6.45, 7) is 2.03. The van der Waals surface area contributed by atoms with E-state index >= 15 is 0 Å². The molecule has 0 radical (unpaired) electrons. The Morgan fingerprint density at radius 3 is 2.69 bits per heavy atom. The summed E-state index contributed by atoms with van der Waals surface area (Å²) in [5, 5.41) is 3.92. The van der Waals surface area contributed by atoms with Gasteiger partial charge < -0.3 is 5.73 Å². The summed E-state index contributed by atoms with van der Waals surface area (Å²) in [5.74, 6) is -0.153. The first kappa shape index (κ1) is 8.52. The molecule has 0 spiro atoms. The zero-order valence-corrected chi connectivity index (χ0v) is 7.53. The van der Waals surface area contributed by atoms with Crippen molar-refractivity contribution in [2.24, 2.45) is 16.6 Å². The van der Waals surface area contributed by atoms with Crippen LogP contribution in [0.25, 0.3) is 0 Å². The van der Waals surface area contributed by atoms with Crippen molar-refractivity contribution in [1.82, 2.24) is 10.3 Å². The van der Waals surface area contributed by atoms with Gasteiger partial charge in [0, 0.05) is 13.1 Å². The molecule has 5 N–H and O–H groups in total. The lowest BCUT2D eigenvalue weighted by Crippen LogP contribution is -2.63. The van der Waals surface area contributed by atoms with Gasteiger partial charge in [-0.3, -0.25) is 16.1 Å². The molecule has 0 aromatic rings. The summed E-state index contributed by atoms with van der Waals surface area (Å²) in [6.07, 6.45) is 6.01. The Hall–Kier alpha value is -1.07. The highest BCUT2D eigenvalue weighted by Gasteiger charge is 2.32. The molecule has 5 heteroatoms. The van der Waals surface area contributed by atoms with Crippen molar-refractivity contribution in [3.63, 3.8) is 0 Å². The van der Waals surface area contributed by atoms with Crippen LogP contribution in [0.5, 0.6) is 0 Å². The third-order valence-electron chi connectivity index (χ3n) is 2.50. The lowest BCUT2D eigenvalue weighted by molar-refractivity contribution is 0.133. The van der Waals surface area contributed by atoms with Crippen LogP contribution in [0, 0.1) is 0 Å². The number of hydrogen-bond donors (Lipinski definition) is 3. The maximum absolute atomic E-state index is 6.09. The highest BCUT2D eigenvalue weighted by Crippen LogP contribution is 2.17. The van der Waals surface area contributed by atoms with Gasteiger partial charge in [0.2, 0.25) is 0 Å². The Morgan fingerprint density at radius 1 is 1.46 bits per heavy atom. The fourth-order valence-electron chi connectivity index (χ4n) is 1.70. The Balaban J connectivity index is 2.09. The van der Waals surface area contributed by atoms with Crippen LogP contribution >= 0.6 is 0 Å². The number of hydrogen-bond acceptors (Lipinski definition) is 5. The van der Waals surface area contributed by atoms with Crippen LogP contribution in [0.15, 0.2) is 17.3 Å². The number of amidine groups is 1. The van der Waals surface area contributed by atoms with E-state index in [1.54, 1.807) is 6.08 Å². The lowest BCUT2D eigenvalue weighted by Gasteiger charge is -2.36. The number of nitrogens with one attached hydrogen (secondary N) is 1. The van der Waals surface area contributed by atoms with Crippen molar-refractivity contribution < 1.29 is 0 Å². The maximum atomic E-state index is 6.09. The number of rotatable bonds is 1. The first-order valence-corrected chi connectivity index (χ1v) is 4.54. The minimum Gasteiger partial charge on any atom is -0.382 e. The normalized spacial score (nSPS) is 34.4. The summed E-state index contributed by atoms with van der Waals surface area (Å²) in [5.41, 5.74) is 14.4. The third kappa shape index (κ3) is 1.52. The highest BCUT2D eigenvalue weighted by molar-refractivity contribution is 5.91. The van der Waals surface area contributed by atoms with E-state index in [1.807, 2.05) is 6.08 Å². The number of likely N-dealkylation sites (tertiary alicyclic amines) is 1. The molecule has 5 nitrogen and oxygen atoms in total. The SMILES string of the molecule is NC1=NNC(N)(N2CCCC2)C=C1. The first-order chi connectivity index (χ1) is 6.21. The molecule has 0 aromatic carbocycles. The summed E-state index contributed by atoms with van der Waals surface area (Å²) < 4.78 is 0. The molecule has 1 saturated heterocycles. The molecule has 2 heterocycles. The number of nitrogens with two attached hydrogens (primary N) is 2. The van der Waals surface area contributed by atoms with Crippen molar-refractivity contribution in [2.75, 3.05) is 13.1 Å². The standard InChI is InChI=1S/C8H15N5/c9-7-3-4-8(10,12-11-7)13-5-1-2-6-13/h3-4,12H,1-2,5-6,10H2,(H2,9,11). The van der Waals surface area contributed by atoms with E-state index < -0.39 is 5.79 Å². The van der Waals surface area contributed by atoms with Gasteiger partial charge in [-0.25, -0.2) is 0 Å². The van der Waals surface area contributed by atoms with Crippen LogP contribution in [0.4, 0.5) is 0 Å². The summed E-state index contributed by atoms with van der Waals surface area (Å²) in [6, 6.07) is 0. The summed E-state index contributed by atoms with van der Waals surface area (Å²) in [4.78, 5) is 2.17. The fraction of sp³-hybridized carbons (Fsp3) is 0.625. The molecular formula is C8H15N5. The molecule has 2 aliphatic rings. The van der Waals surface area contributed by atoms with E-state index in [1.165, 1.54) is 12.8 Å². The topological polar surface area (TPSA) is 79.7 Å². The Labute approximate surface area is 77.4 Å². The van der Waals surface area contributed by atoms with Crippen LogP contribution in [0.3, 0.4) is 0 Å². The lowest BCUT2D eigenvalue weighted by atomic mass is 10.2. The average molecular weight is 181 g/mol. The van der Waals surface area contributed by atoms with Gasteiger partial charge in [-0.2, -0.15) is 5.10 Å². The molecule has 1 fully saturated rings.